The predicted molar refractivity (Wildman–Crippen MR) is 74.2 cm³/mol. The van der Waals surface area contributed by atoms with Gasteiger partial charge in [0, 0.05) is 18.6 Å². The molecule has 3 unspecified atom stereocenters. The summed E-state index contributed by atoms with van der Waals surface area (Å²) >= 11 is 0. The average molecular weight is 238 g/mol. The average Bonchev–Trinajstić information content (AvgIpc) is 2.77. The molecule has 0 aromatic heterocycles. The van der Waals surface area contributed by atoms with Crippen molar-refractivity contribution in [3.05, 3.63) is 0 Å². The highest BCUT2D eigenvalue weighted by molar-refractivity contribution is 4.93. The predicted octanol–water partition coefficient (Wildman–Crippen LogP) is 2.93. The van der Waals surface area contributed by atoms with Crippen LogP contribution in [-0.2, 0) is 0 Å². The molecule has 2 nitrogen and oxygen atoms in total. The van der Waals surface area contributed by atoms with Crippen molar-refractivity contribution in [3.63, 3.8) is 0 Å². The van der Waals surface area contributed by atoms with Gasteiger partial charge in [0.05, 0.1) is 0 Å². The van der Waals surface area contributed by atoms with Crippen molar-refractivity contribution in [1.29, 1.82) is 0 Å². The minimum Gasteiger partial charge on any atom is -0.315 e. The van der Waals surface area contributed by atoms with Gasteiger partial charge in [-0.1, -0.05) is 39.5 Å². The molecule has 0 bridgehead atoms. The molecule has 100 valence electrons. The van der Waals surface area contributed by atoms with Gasteiger partial charge in [0.25, 0.3) is 0 Å². The van der Waals surface area contributed by atoms with Crippen molar-refractivity contribution in [2.75, 3.05) is 13.1 Å². The monoisotopic (exact) mass is 238 g/mol. The zero-order valence-electron chi connectivity index (χ0n) is 11.7. The number of hydrogen-bond donors (Lipinski definition) is 2. The van der Waals surface area contributed by atoms with Gasteiger partial charge in [-0.2, -0.15) is 0 Å². The van der Waals surface area contributed by atoms with E-state index in [1.807, 2.05) is 0 Å². The van der Waals surface area contributed by atoms with Crippen molar-refractivity contribution < 1.29 is 0 Å². The third-order valence-electron chi connectivity index (χ3n) is 4.92. The fourth-order valence-electron chi connectivity index (χ4n) is 3.63. The number of nitrogens with one attached hydrogen (secondary N) is 2. The van der Waals surface area contributed by atoms with Gasteiger partial charge in [0.15, 0.2) is 0 Å². The largest absolute Gasteiger partial charge is 0.315 e. The van der Waals surface area contributed by atoms with Gasteiger partial charge in [0.1, 0.15) is 0 Å². The van der Waals surface area contributed by atoms with Crippen LogP contribution in [0.2, 0.25) is 0 Å². The van der Waals surface area contributed by atoms with E-state index in [-0.39, 0.29) is 0 Å². The molecular formula is C15H30N2. The molecule has 17 heavy (non-hydrogen) atoms. The quantitative estimate of drug-likeness (QED) is 0.743. The van der Waals surface area contributed by atoms with Crippen LogP contribution in [0.3, 0.4) is 0 Å². The summed E-state index contributed by atoms with van der Waals surface area (Å²) in [5.41, 5.74) is 0. The highest BCUT2D eigenvalue weighted by Gasteiger charge is 2.34. The molecular weight excluding hydrogens is 208 g/mol. The first kappa shape index (κ1) is 13.4. The number of hydrogen-bond acceptors (Lipinski definition) is 2. The van der Waals surface area contributed by atoms with Crippen LogP contribution in [0.5, 0.6) is 0 Å². The molecule has 0 spiro atoms. The third kappa shape index (κ3) is 3.69. The SMILES string of the molecule is CCC(CC)CNCC1CC2CCCCC2N1. The van der Waals surface area contributed by atoms with Crippen LogP contribution in [0.15, 0.2) is 0 Å². The zero-order valence-corrected chi connectivity index (χ0v) is 11.7. The summed E-state index contributed by atoms with van der Waals surface area (Å²) < 4.78 is 0. The standard InChI is InChI=1S/C15H30N2/c1-3-12(4-2)10-16-11-14-9-13-7-5-6-8-15(13)17-14/h12-17H,3-11H2,1-2H3. The molecule has 1 aliphatic carbocycles. The Kier molecular flexibility index (Phi) is 5.30. The summed E-state index contributed by atoms with van der Waals surface area (Å²) in [6.07, 6.45) is 9.85. The molecule has 2 rings (SSSR count). The lowest BCUT2D eigenvalue weighted by molar-refractivity contribution is 0.325. The molecule has 2 aliphatic rings. The summed E-state index contributed by atoms with van der Waals surface area (Å²) in [6, 6.07) is 1.60. The first-order valence-electron chi connectivity index (χ1n) is 7.80. The van der Waals surface area contributed by atoms with Gasteiger partial charge < -0.3 is 10.6 Å². The van der Waals surface area contributed by atoms with E-state index in [0.717, 1.165) is 23.9 Å². The second-order valence-corrected chi connectivity index (χ2v) is 6.09. The molecule has 2 fully saturated rings. The van der Waals surface area contributed by atoms with Gasteiger partial charge in [-0.3, -0.25) is 0 Å². The molecule has 1 heterocycles. The lowest BCUT2D eigenvalue weighted by Gasteiger charge is -2.24. The normalized spacial score (nSPS) is 33.0. The number of rotatable bonds is 6. The van der Waals surface area contributed by atoms with Crippen LogP contribution >= 0.6 is 0 Å². The fourth-order valence-corrected chi connectivity index (χ4v) is 3.63. The van der Waals surface area contributed by atoms with Crippen LogP contribution in [0, 0.1) is 11.8 Å². The maximum atomic E-state index is 3.84. The van der Waals surface area contributed by atoms with E-state index in [9.17, 15) is 0 Å². The van der Waals surface area contributed by atoms with E-state index in [2.05, 4.69) is 24.5 Å². The van der Waals surface area contributed by atoms with E-state index < -0.39 is 0 Å². The minimum atomic E-state index is 0.748. The summed E-state index contributed by atoms with van der Waals surface area (Å²) in [6.45, 7) is 7.00. The topological polar surface area (TPSA) is 24.1 Å². The van der Waals surface area contributed by atoms with E-state index in [0.29, 0.717) is 0 Å². The Balaban J connectivity index is 1.64. The first-order valence-corrected chi connectivity index (χ1v) is 7.80. The Labute approximate surface area is 107 Å². The molecule has 1 saturated carbocycles. The van der Waals surface area contributed by atoms with E-state index >= 15 is 0 Å². The van der Waals surface area contributed by atoms with Gasteiger partial charge in [-0.15, -0.1) is 0 Å². The Morgan fingerprint density at radius 1 is 1.18 bits per heavy atom. The van der Waals surface area contributed by atoms with Crippen LogP contribution in [-0.4, -0.2) is 25.2 Å². The molecule has 2 heteroatoms. The van der Waals surface area contributed by atoms with E-state index in [1.165, 1.54) is 58.0 Å². The van der Waals surface area contributed by atoms with Crippen LogP contribution < -0.4 is 10.6 Å². The lowest BCUT2D eigenvalue weighted by Crippen LogP contribution is -2.39. The highest BCUT2D eigenvalue weighted by atomic mass is 15.0. The molecule has 0 radical (unpaired) electrons. The third-order valence-corrected chi connectivity index (χ3v) is 4.92. The Bertz CT molecular complexity index is 199. The summed E-state index contributed by atoms with van der Waals surface area (Å²) in [4.78, 5) is 0. The van der Waals surface area contributed by atoms with E-state index in [4.69, 9.17) is 0 Å². The summed E-state index contributed by atoms with van der Waals surface area (Å²) in [5, 5.41) is 7.52. The van der Waals surface area contributed by atoms with Crippen molar-refractivity contribution in [2.24, 2.45) is 11.8 Å². The summed E-state index contributed by atoms with van der Waals surface area (Å²) in [7, 11) is 0. The second-order valence-electron chi connectivity index (χ2n) is 6.09. The second kappa shape index (κ2) is 6.75. The zero-order chi connectivity index (χ0) is 12.1. The van der Waals surface area contributed by atoms with Crippen molar-refractivity contribution in [1.82, 2.24) is 10.6 Å². The Hall–Kier alpha value is -0.0800. The van der Waals surface area contributed by atoms with Gasteiger partial charge >= 0.3 is 0 Å². The van der Waals surface area contributed by atoms with Crippen molar-refractivity contribution in [2.45, 2.75) is 70.9 Å². The molecule has 2 N–H and O–H groups in total. The smallest absolute Gasteiger partial charge is 0.0198 e. The Morgan fingerprint density at radius 3 is 2.65 bits per heavy atom. The molecule has 0 aromatic carbocycles. The number of fused-ring (bicyclic) bond motifs is 1. The van der Waals surface area contributed by atoms with Gasteiger partial charge in [0.2, 0.25) is 0 Å². The van der Waals surface area contributed by atoms with Crippen LogP contribution in [0.25, 0.3) is 0 Å². The molecule has 1 aliphatic heterocycles. The van der Waals surface area contributed by atoms with Crippen molar-refractivity contribution >= 4 is 0 Å². The maximum absolute atomic E-state index is 3.84. The molecule has 0 amide bonds. The molecule has 3 atom stereocenters. The van der Waals surface area contributed by atoms with Crippen LogP contribution in [0.4, 0.5) is 0 Å². The summed E-state index contributed by atoms with van der Waals surface area (Å²) in [5.74, 6) is 1.86. The maximum Gasteiger partial charge on any atom is 0.0198 e. The van der Waals surface area contributed by atoms with Gasteiger partial charge in [-0.25, -0.2) is 0 Å². The van der Waals surface area contributed by atoms with Crippen molar-refractivity contribution in [3.8, 4) is 0 Å². The highest BCUT2D eigenvalue weighted by Crippen LogP contribution is 2.32. The lowest BCUT2D eigenvalue weighted by atomic mass is 9.85. The molecule has 1 saturated heterocycles. The molecule has 0 aromatic rings. The van der Waals surface area contributed by atoms with Gasteiger partial charge in [-0.05, 0) is 37.6 Å². The fraction of sp³-hybridized carbons (Fsp3) is 1.00. The van der Waals surface area contributed by atoms with E-state index in [1.54, 1.807) is 0 Å². The van der Waals surface area contributed by atoms with Crippen LogP contribution in [0.1, 0.15) is 58.8 Å². The first-order chi connectivity index (χ1) is 8.33. The Morgan fingerprint density at radius 2 is 1.94 bits per heavy atom. The minimum absolute atomic E-state index is 0.748.